The summed E-state index contributed by atoms with van der Waals surface area (Å²) in [5.41, 5.74) is 3.29. The van der Waals surface area contributed by atoms with Gasteiger partial charge in [0.25, 0.3) is 0 Å². The van der Waals surface area contributed by atoms with Crippen molar-refractivity contribution < 1.29 is 9.59 Å². The van der Waals surface area contributed by atoms with Crippen LogP contribution in [-0.4, -0.2) is 21.9 Å². The Hall–Kier alpha value is -2.44. The molecule has 0 aliphatic carbocycles. The zero-order valence-corrected chi connectivity index (χ0v) is 16.1. The first-order chi connectivity index (χ1) is 12.5. The summed E-state index contributed by atoms with van der Waals surface area (Å²) < 4.78 is 0.860. The Morgan fingerprint density at radius 1 is 1.08 bits per heavy atom. The van der Waals surface area contributed by atoms with E-state index < -0.39 is 0 Å². The van der Waals surface area contributed by atoms with Crippen molar-refractivity contribution in [1.29, 1.82) is 0 Å². The Kier molecular flexibility index (Phi) is 5.85. The van der Waals surface area contributed by atoms with Gasteiger partial charge in [0.15, 0.2) is 10.1 Å². The first-order valence-electron chi connectivity index (χ1n) is 8.12. The third-order valence-electron chi connectivity index (χ3n) is 3.76. The number of rotatable bonds is 6. The fourth-order valence-electron chi connectivity index (χ4n) is 2.29. The number of amides is 1. The van der Waals surface area contributed by atoms with Gasteiger partial charge in [0, 0.05) is 22.2 Å². The summed E-state index contributed by atoms with van der Waals surface area (Å²) in [6, 6.07) is 16.9. The number of carbonyl (C=O) groups is 2. The zero-order chi connectivity index (χ0) is 18.5. The average Bonchev–Trinajstić information content (AvgIpc) is 3.11. The van der Waals surface area contributed by atoms with Gasteiger partial charge in [-0.25, -0.2) is 4.98 Å². The average molecular weight is 383 g/mol. The van der Waals surface area contributed by atoms with Crippen molar-refractivity contribution in [3.05, 3.63) is 65.5 Å². The fraction of sp³-hybridized carbons (Fsp3) is 0.150. The minimum Gasteiger partial charge on any atom is -0.325 e. The van der Waals surface area contributed by atoms with E-state index in [9.17, 15) is 9.59 Å². The number of Topliss-reactive ketones (excluding diaryl/α,β-unsaturated/α-hetero) is 1. The number of nitrogens with one attached hydrogen (secondary N) is 1. The molecule has 0 aliphatic heterocycles. The lowest BCUT2D eigenvalue weighted by Gasteiger charge is -2.10. The van der Waals surface area contributed by atoms with E-state index in [-0.39, 0.29) is 16.9 Å². The second-order valence-corrected chi connectivity index (χ2v) is 8.19. The Balaban J connectivity index is 1.61. The second-order valence-electron chi connectivity index (χ2n) is 5.75. The number of hydrogen-bond acceptors (Lipinski definition) is 5. The molecule has 1 N–H and O–H groups in total. The highest BCUT2D eigenvalue weighted by molar-refractivity contribution is 8.02. The van der Waals surface area contributed by atoms with Crippen molar-refractivity contribution in [1.82, 2.24) is 4.98 Å². The summed E-state index contributed by atoms with van der Waals surface area (Å²) in [6.45, 7) is 3.37. The highest BCUT2D eigenvalue weighted by atomic mass is 32.2. The monoisotopic (exact) mass is 382 g/mol. The van der Waals surface area contributed by atoms with E-state index in [1.165, 1.54) is 30.0 Å². The van der Waals surface area contributed by atoms with E-state index in [4.69, 9.17) is 0 Å². The van der Waals surface area contributed by atoms with Crippen molar-refractivity contribution in [2.24, 2.45) is 0 Å². The number of thiazole rings is 1. The number of hydrogen-bond donors (Lipinski definition) is 1. The van der Waals surface area contributed by atoms with Crippen LogP contribution in [0.4, 0.5) is 5.69 Å². The molecule has 1 aromatic heterocycles. The van der Waals surface area contributed by atoms with Crippen LogP contribution in [0.25, 0.3) is 11.3 Å². The van der Waals surface area contributed by atoms with Crippen molar-refractivity contribution in [2.75, 3.05) is 5.32 Å². The molecule has 3 rings (SSSR count). The third kappa shape index (κ3) is 4.59. The van der Waals surface area contributed by atoms with Gasteiger partial charge in [0.1, 0.15) is 0 Å². The van der Waals surface area contributed by atoms with E-state index >= 15 is 0 Å². The van der Waals surface area contributed by atoms with E-state index in [0.29, 0.717) is 11.3 Å². The first kappa shape index (κ1) is 18.4. The number of thioether (sulfide) groups is 1. The second kappa shape index (κ2) is 8.29. The van der Waals surface area contributed by atoms with Gasteiger partial charge in [-0.1, -0.05) is 42.1 Å². The molecule has 6 heteroatoms. The van der Waals surface area contributed by atoms with E-state index in [2.05, 4.69) is 10.3 Å². The van der Waals surface area contributed by atoms with Crippen molar-refractivity contribution in [3.8, 4) is 11.3 Å². The molecule has 132 valence electrons. The van der Waals surface area contributed by atoms with Crippen LogP contribution in [0.1, 0.15) is 24.2 Å². The van der Waals surface area contributed by atoms with Crippen LogP contribution >= 0.6 is 23.1 Å². The molecule has 0 spiro atoms. The van der Waals surface area contributed by atoms with E-state index in [0.717, 1.165) is 15.6 Å². The molecule has 1 unspecified atom stereocenters. The molecule has 3 aromatic rings. The van der Waals surface area contributed by atoms with E-state index in [1.807, 2.05) is 42.6 Å². The molecule has 1 heterocycles. The van der Waals surface area contributed by atoms with Gasteiger partial charge in [0.05, 0.1) is 10.9 Å². The molecule has 0 bridgehead atoms. The Morgan fingerprint density at radius 3 is 2.42 bits per heavy atom. The molecule has 26 heavy (non-hydrogen) atoms. The quantitative estimate of drug-likeness (QED) is 0.474. The van der Waals surface area contributed by atoms with Crippen molar-refractivity contribution in [2.45, 2.75) is 23.4 Å². The standard InChI is InChI=1S/C20H18N2O2S2/c1-13(23)15-8-10-17(11-9-15)21-19(24)14(2)26-20-22-18(12-25-20)16-6-4-3-5-7-16/h3-12,14H,1-2H3,(H,21,24). The molecule has 0 radical (unpaired) electrons. The van der Waals surface area contributed by atoms with Gasteiger partial charge >= 0.3 is 0 Å². The number of benzene rings is 2. The molecule has 0 saturated heterocycles. The number of anilines is 1. The number of ketones is 1. The molecule has 2 aromatic carbocycles. The van der Waals surface area contributed by atoms with Gasteiger partial charge < -0.3 is 5.32 Å². The topological polar surface area (TPSA) is 59.1 Å². The molecule has 0 aliphatic rings. The Labute approximate surface area is 160 Å². The largest absolute Gasteiger partial charge is 0.325 e. The molecule has 0 fully saturated rings. The zero-order valence-electron chi connectivity index (χ0n) is 14.4. The highest BCUT2D eigenvalue weighted by Gasteiger charge is 2.17. The van der Waals surface area contributed by atoms with Gasteiger partial charge in [-0.15, -0.1) is 11.3 Å². The summed E-state index contributed by atoms with van der Waals surface area (Å²) >= 11 is 2.97. The number of aromatic nitrogens is 1. The lowest BCUT2D eigenvalue weighted by Crippen LogP contribution is -2.22. The summed E-state index contributed by atoms with van der Waals surface area (Å²) in [7, 11) is 0. The lowest BCUT2D eigenvalue weighted by molar-refractivity contribution is -0.115. The fourth-order valence-corrected chi connectivity index (χ4v) is 4.26. The Bertz CT molecular complexity index is 905. The lowest BCUT2D eigenvalue weighted by atomic mass is 10.1. The molecular weight excluding hydrogens is 364 g/mol. The van der Waals surface area contributed by atoms with Crippen molar-refractivity contribution in [3.63, 3.8) is 0 Å². The number of carbonyl (C=O) groups excluding carboxylic acids is 2. The van der Waals surface area contributed by atoms with Crippen molar-refractivity contribution >= 4 is 40.5 Å². The van der Waals surface area contributed by atoms with Gasteiger partial charge in [-0.3, -0.25) is 9.59 Å². The van der Waals surface area contributed by atoms with E-state index in [1.54, 1.807) is 24.3 Å². The third-order valence-corrected chi connectivity index (χ3v) is 5.83. The Morgan fingerprint density at radius 2 is 1.77 bits per heavy atom. The molecule has 4 nitrogen and oxygen atoms in total. The minimum atomic E-state index is -0.280. The normalized spacial score (nSPS) is 11.8. The molecule has 1 atom stereocenters. The van der Waals surface area contributed by atoms with Crippen LogP contribution in [-0.2, 0) is 4.79 Å². The highest BCUT2D eigenvalue weighted by Crippen LogP contribution is 2.31. The van der Waals surface area contributed by atoms with Crippen LogP contribution < -0.4 is 5.32 Å². The van der Waals surface area contributed by atoms with Crippen LogP contribution in [0, 0.1) is 0 Å². The molecule has 0 saturated carbocycles. The van der Waals surface area contributed by atoms with Crippen LogP contribution in [0.3, 0.4) is 0 Å². The predicted octanol–water partition coefficient (Wildman–Crippen LogP) is 5.13. The minimum absolute atomic E-state index is 0.00444. The van der Waals surface area contributed by atoms with Crippen LogP contribution in [0.2, 0.25) is 0 Å². The maximum absolute atomic E-state index is 12.4. The maximum Gasteiger partial charge on any atom is 0.237 e. The smallest absolute Gasteiger partial charge is 0.237 e. The molecule has 1 amide bonds. The van der Waals surface area contributed by atoms with Gasteiger partial charge in [-0.05, 0) is 38.1 Å². The maximum atomic E-state index is 12.4. The van der Waals surface area contributed by atoms with Gasteiger partial charge in [0.2, 0.25) is 5.91 Å². The summed E-state index contributed by atoms with van der Waals surface area (Å²) in [5.74, 6) is -0.0909. The number of nitrogens with zero attached hydrogens (tertiary/aromatic N) is 1. The first-order valence-corrected chi connectivity index (χ1v) is 9.88. The summed E-state index contributed by atoms with van der Waals surface area (Å²) in [5, 5.41) is 4.59. The predicted molar refractivity (Wildman–Crippen MR) is 108 cm³/mol. The van der Waals surface area contributed by atoms with Gasteiger partial charge in [-0.2, -0.15) is 0 Å². The summed E-state index contributed by atoms with van der Waals surface area (Å²) in [4.78, 5) is 28.3. The summed E-state index contributed by atoms with van der Waals surface area (Å²) in [6.07, 6.45) is 0. The van der Waals surface area contributed by atoms with Crippen LogP contribution in [0.5, 0.6) is 0 Å². The SMILES string of the molecule is CC(=O)c1ccc(NC(=O)C(C)Sc2nc(-c3ccccc3)cs2)cc1. The molecular formula is C20H18N2O2S2. The van der Waals surface area contributed by atoms with Crippen LogP contribution in [0.15, 0.2) is 64.3 Å².